The van der Waals surface area contributed by atoms with E-state index in [0.29, 0.717) is 12.5 Å². The maximum absolute atomic E-state index is 12.8. The molecule has 0 saturated carbocycles. The Bertz CT molecular complexity index is 725. The average molecular weight is 371 g/mol. The third-order valence-electron chi connectivity index (χ3n) is 5.28. The van der Waals surface area contributed by atoms with Gasteiger partial charge in [0.15, 0.2) is 0 Å². The molecule has 0 bridgehead atoms. The van der Waals surface area contributed by atoms with Crippen molar-refractivity contribution in [3.05, 3.63) is 52.2 Å². The van der Waals surface area contributed by atoms with E-state index in [1.807, 2.05) is 11.0 Å². The Morgan fingerprint density at radius 3 is 3.00 bits per heavy atom. The van der Waals surface area contributed by atoms with Crippen molar-refractivity contribution >= 4 is 22.9 Å². The van der Waals surface area contributed by atoms with Gasteiger partial charge in [0.05, 0.1) is 6.10 Å². The summed E-state index contributed by atoms with van der Waals surface area (Å²) in [5.74, 6) is 0.235. The van der Waals surface area contributed by atoms with E-state index in [9.17, 15) is 4.79 Å². The van der Waals surface area contributed by atoms with Crippen molar-refractivity contribution in [1.82, 2.24) is 4.90 Å². The molecule has 0 aliphatic carbocycles. The van der Waals surface area contributed by atoms with Crippen LogP contribution in [-0.4, -0.2) is 43.2 Å². The summed E-state index contributed by atoms with van der Waals surface area (Å²) in [6, 6.07) is 12.5. The van der Waals surface area contributed by atoms with Gasteiger partial charge in [0.2, 0.25) is 5.91 Å². The van der Waals surface area contributed by atoms with Crippen LogP contribution in [0, 0.1) is 0 Å². The fourth-order valence-electron chi connectivity index (χ4n) is 3.92. The van der Waals surface area contributed by atoms with Crippen LogP contribution in [0.5, 0.6) is 0 Å². The lowest BCUT2D eigenvalue weighted by Crippen LogP contribution is -2.36. The predicted molar refractivity (Wildman–Crippen MR) is 106 cm³/mol. The van der Waals surface area contributed by atoms with Crippen molar-refractivity contribution in [1.29, 1.82) is 0 Å². The number of carbonyl (C=O) groups excluding carboxylic acids is 1. The predicted octanol–water partition coefficient (Wildman–Crippen LogP) is 3.71. The zero-order chi connectivity index (χ0) is 17.8. The fourth-order valence-corrected chi connectivity index (χ4v) is 4.67. The zero-order valence-corrected chi connectivity index (χ0v) is 15.9. The quantitative estimate of drug-likeness (QED) is 0.745. The number of amides is 1. The first-order valence-corrected chi connectivity index (χ1v) is 10.4. The molecular formula is C21H26N2O2S. The molecule has 1 saturated heterocycles. The van der Waals surface area contributed by atoms with Crippen molar-refractivity contribution in [3.8, 4) is 0 Å². The molecule has 0 radical (unpaired) electrons. The minimum Gasteiger partial charge on any atom is -0.377 e. The Labute approximate surface area is 159 Å². The van der Waals surface area contributed by atoms with E-state index in [-0.39, 0.29) is 5.91 Å². The lowest BCUT2D eigenvalue weighted by atomic mass is 10.2. The Balaban J connectivity index is 1.36. The summed E-state index contributed by atoms with van der Waals surface area (Å²) in [5.41, 5.74) is 2.39. The molecule has 2 aliphatic rings. The van der Waals surface area contributed by atoms with E-state index in [4.69, 9.17) is 4.74 Å². The van der Waals surface area contributed by atoms with Crippen molar-refractivity contribution in [2.75, 3.05) is 31.1 Å². The highest BCUT2D eigenvalue weighted by Crippen LogP contribution is 2.28. The first kappa shape index (κ1) is 17.7. The van der Waals surface area contributed by atoms with Gasteiger partial charge in [-0.15, -0.1) is 11.3 Å². The number of ether oxygens (including phenoxy) is 1. The van der Waals surface area contributed by atoms with Crippen LogP contribution < -0.4 is 4.90 Å². The van der Waals surface area contributed by atoms with Crippen LogP contribution in [0.1, 0.15) is 29.7 Å². The number of benzene rings is 1. The summed E-state index contributed by atoms with van der Waals surface area (Å²) in [6.07, 6.45) is 4.14. The number of fused-ring (bicyclic) bond motifs is 1. The van der Waals surface area contributed by atoms with Crippen LogP contribution in [0.25, 0.3) is 0 Å². The van der Waals surface area contributed by atoms with E-state index in [2.05, 4.69) is 40.6 Å². The molecule has 2 aliphatic heterocycles. The average Bonchev–Trinajstić information content (AvgIpc) is 3.41. The zero-order valence-electron chi connectivity index (χ0n) is 15.1. The molecule has 138 valence electrons. The van der Waals surface area contributed by atoms with E-state index in [1.165, 1.54) is 10.4 Å². The molecule has 1 amide bonds. The summed E-state index contributed by atoms with van der Waals surface area (Å²) in [4.78, 5) is 18.5. The van der Waals surface area contributed by atoms with Crippen LogP contribution in [0.2, 0.25) is 0 Å². The van der Waals surface area contributed by atoms with Gasteiger partial charge in [-0.1, -0.05) is 24.3 Å². The second-order valence-electron chi connectivity index (χ2n) is 7.12. The number of carbonyl (C=O) groups is 1. The molecule has 3 heterocycles. The summed E-state index contributed by atoms with van der Waals surface area (Å²) in [7, 11) is 0. The molecule has 0 N–H and O–H groups in total. The molecule has 0 spiro atoms. The maximum atomic E-state index is 12.8. The third kappa shape index (κ3) is 4.17. The Hall–Kier alpha value is -1.69. The highest BCUT2D eigenvalue weighted by molar-refractivity contribution is 7.09. The monoisotopic (exact) mass is 370 g/mol. The van der Waals surface area contributed by atoms with Crippen molar-refractivity contribution in [2.24, 2.45) is 0 Å². The Morgan fingerprint density at radius 1 is 1.27 bits per heavy atom. The number of para-hydroxylation sites is 1. The fraction of sp³-hybridized carbons (Fsp3) is 0.476. The number of rotatable bonds is 7. The van der Waals surface area contributed by atoms with Crippen LogP contribution in [0.4, 0.5) is 5.69 Å². The molecule has 1 unspecified atom stereocenters. The van der Waals surface area contributed by atoms with Gasteiger partial charge in [0.1, 0.15) is 0 Å². The van der Waals surface area contributed by atoms with Crippen LogP contribution >= 0.6 is 11.3 Å². The molecule has 4 nitrogen and oxygen atoms in total. The first-order valence-electron chi connectivity index (χ1n) is 9.54. The van der Waals surface area contributed by atoms with E-state index in [0.717, 1.165) is 57.7 Å². The van der Waals surface area contributed by atoms with Gasteiger partial charge >= 0.3 is 0 Å². The maximum Gasteiger partial charge on any atom is 0.228 e. The Morgan fingerprint density at radius 2 is 2.19 bits per heavy atom. The number of anilines is 1. The van der Waals surface area contributed by atoms with Crippen LogP contribution in [0.15, 0.2) is 41.8 Å². The van der Waals surface area contributed by atoms with E-state index < -0.39 is 0 Å². The molecule has 1 fully saturated rings. The second kappa shape index (κ2) is 8.33. The van der Waals surface area contributed by atoms with Crippen molar-refractivity contribution in [3.63, 3.8) is 0 Å². The lowest BCUT2D eigenvalue weighted by Gasteiger charge is -2.26. The van der Waals surface area contributed by atoms with Gasteiger partial charge in [-0.3, -0.25) is 9.69 Å². The van der Waals surface area contributed by atoms with E-state index in [1.54, 1.807) is 11.3 Å². The van der Waals surface area contributed by atoms with Gasteiger partial charge in [-0.25, -0.2) is 0 Å². The Kier molecular flexibility index (Phi) is 5.68. The molecule has 26 heavy (non-hydrogen) atoms. The SMILES string of the molecule is O=C(CCN(Cc1cccs1)CC1CCCO1)N1CCc2ccccc21. The summed E-state index contributed by atoms with van der Waals surface area (Å²) in [6.45, 7) is 4.30. The van der Waals surface area contributed by atoms with Crippen molar-refractivity contribution < 1.29 is 9.53 Å². The number of nitrogens with zero attached hydrogens (tertiary/aromatic N) is 2. The molecule has 4 rings (SSSR count). The topological polar surface area (TPSA) is 32.8 Å². The number of hydrogen-bond donors (Lipinski definition) is 0. The standard InChI is InChI=1S/C21H26N2O2S/c24-21(23-12-9-17-5-1-2-8-20(17)23)10-11-22(15-18-6-3-13-25-18)16-19-7-4-14-26-19/h1-2,4-5,7-8,14,18H,3,6,9-13,15-16H2. The van der Waals surface area contributed by atoms with Crippen LogP contribution in [0.3, 0.4) is 0 Å². The molecule has 2 aromatic rings. The van der Waals surface area contributed by atoms with Crippen LogP contribution in [-0.2, 0) is 22.5 Å². The second-order valence-corrected chi connectivity index (χ2v) is 8.16. The third-order valence-corrected chi connectivity index (χ3v) is 6.14. The molecule has 1 aromatic heterocycles. The number of thiophene rings is 1. The summed E-state index contributed by atoms with van der Waals surface area (Å²) < 4.78 is 5.82. The van der Waals surface area contributed by atoms with Gasteiger partial charge in [0.25, 0.3) is 0 Å². The van der Waals surface area contributed by atoms with Gasteiger partial charge in [-0.2, -0.15) is 0 Å². The smallest absolute Gasteiger partial charge is 0.228 e. The minimum atomic E-state index is 0.235. The largest absolute Gasteiger partial charge is 0.377 e. The van der Waals surface area contributed by atoms with Gasteiger partial charge in [0, 0.05) is 49.8 Å². The minimum absolute atomic E-state index is 0.235. The van der Waals surface area contributed by atoms with Gasteiger partial charge < -0.3 is 9.64 Å². The molecule has 1 aromatic carbocycles. The first-order chi connectivity index (χ1) is 12.8. The highest BCUT2D eigenvalue weighted by Gasteiger charge is 2.25. The lowest BCUT2D eigenvalue weighted by molar-refractivity contribution is -0.119. The van der Waals surface area contributed by atoms with Gasteiger partial charge in [-0.05, 0) is 42.3 Å². The normalized spacial score (nSPS) is 19.3. The molecule has 1 atom stereocenters. The molecular weight excluding hydrogens is 344 g/mol. The summed E-state index contributed by atoms with van der Waals surface area (Å²) >= 11 is 1.78. The molecule has 5 heteroatoms. The van der Waals surface area contributed by atoms with E-state index >= 15 is 0 Å². The number of hydrogen-bond acceptors (Lipinski definition) is 4. The van der Waals surface area contributed by atoms with Crippen molar-refractivity contribution in [2.45, 2.75) is 38.3 Å². The summed E-state index contributed by atoms with van der Waals surface area (Å²) in [5, 5.41) is 2.12. The highest BCUT2D eigenvalue weighted by atomic mass is 32.1.